The first-order valence-corrected chi connectivity index (χ1v) is 9.56. The van der Waals surface area contributed by atoms with Crippen molar-refractivity contribution in [2.45, 2.75) is 60.0 Å². The van der Waals surface area contributed by atoms with Crippen molar-refractivity contribution in [2.75, 3.05) is 6.61 Å². The lowest BCUT2D eigenvalue weighted by Gasteiger charge is -2.06. The van der Waals surface area contributed by atoms with E-state index in [0.717, 1.165) is 23.5 Å². The van der Waals surface area contributed by atoms with Crippen LogP contribution in [0.5, 0.6) is 0 Å². The van der Waals surface area contributed by atoms with Crippen molar-refractivity contribution in [3.63, 3.8) is 0 Å². The van der Waals surface area contributed by atoms with Gasteiger partial charge in [0, 0.05) is 47.0 Å². The molecule has 3 rings (SSSR count). The van der Waals surface area contributed by atoms with E-state index < -0.39 is 5.97 Å². The minimum absolute atomic E-state index is 0.170. The van der Waals surface area contributed by atoms with Crippen molar-refractivity contribution in [3.8, 4) is 0 Å². The predicted octanol–water partition coefficient (Wildman–Crippen LogP) is 4.32. The predicted molar refractivity (Wildman–Crippen MR) is 106 cm³/mol. The molecule has 0 bridgehead atoms. The van der Waals surface area contributed by atoms with E-state index >= 15 is 0 Å². The van der Waals surface area contributed by atoms with E-state index in [1.165, 1.54) is 30.3 Å². The van der Waals surface area contributed by atoms with Crippen LogP contribution in [0.15, 0.2) is 18.2 Å². The number of hydrogen-bond donors (Lipinski definition) is 0. The highest BCUT2D eigenvalue weighted by Gasteiger charge is 2.26. The molecule has 2 heterocycles. The van der Waals surface area contributed by atoms with E-state index in [-0.39, 0.29) is 12.4 Å². The van der Waals surface area contributed by atoms with Gasteiger partial charge >= 0.3 is 5.97 Å². The van der Waals surface area contributed by atoms with E-state index in [1.54, 1.807) is 6.08 Å². The van der Waals surface area contributed by atoms with Crippen molar-refractivity contribution < 1.29 is 14.3 Å². The van der Waals surface area contributed by atoms with E-state index in [1.807, 2.05) is 26.8 Å². The molecule has 2 aromatic rings. The first-order chi connectivity index (χ1) is 12.8. The van der Waals surface area contributed by atoms with Gasteiger partial charge in [0.15, 0.2) is 6.61 Å². The van der Waals surface area contributed by atoms with Crippen LogP contribution in [0.1, 0.15) is 64.5 Å². The molecule has 0 amide bonds. The second kappa shape index (κ2) is 7.59. The molecule has 1 aliphatic carbocycles. The molecule has 0 aliphatic heterocycles. The fourth-order valence-corrected chi connectivity index (χ4v) is 3.86. The highest BCUT2D eigenvalue weighted by Crippen LogP contribution is 2.38. The van der Waals surface area contributed by atoms with Crippen LogP contribution in [0.25, 0.3) is 6.08 Å². The number of hydrogen-bond acceptors (Lipinski definition) is 3. The van der Waals surface area contributed by atoms with Gasteiger partial charge in [0.2, 0.25) is 5.78 Å². The molecular formula is C22H28N2O3. The maximum absolute atomic E-state index is 12.4. The Kier molecular flexibility index (Phi) is 5.40. The summed E-state index contributed by atoms with van der Waals surface area (Å²) in [4.78, 5) is 24.4. The van der Waals surface area contributed by atoms with Crippen molar-refractivity contribution in [1.82, 2.24) is 9.13 Å². The number of aromatic nitrogens is 2. The molecule has 1 saturated carbocycles. The third-order valence-corrected chi connectivity index (χ3v) is 5.37. The Morgan fingerprint density at radius 1 is 1.11 bits per heavy atom. The molecule has 2 aromatic heterocycles. The summed E-state index contributed by atoms with van der Waals surface area (Å²) in [6.07, 6.45) is 5.63. The quantitative estimate of drug-likeness (QED) is 0.415. The lowest BCUT2D eigenvalue weighted by Crippen LogP contribution is -2.13. The van der Waals surface area contributed by atoms with E-state index in [0.29, 0.717) is 11.6 Å². The van der Waals surface area contributed by atoms with Gasteiger partial charge in [0.1, 0.15) is 0 Å². The molecule has 144 valence electrons. The molecule has 1 aliphatic rings. The minimum atomic E-state index is -0.496. The number of Topliss-reactive ketones (excluding diaryl/α,β-unsaturated/α-hetero) is 1. The normalized spacial score (nSPS) is 14.1. The first kappa shape index (κ1) is 19.2. The fraction of sp³-hybridized carbons (Fsp3) is 0.455. The summed E-state index contributed by atoms with van der Waals surface area (Å²) in [5, 5.41) is 0. The topological polar surface area (TPSA) is 53.2 Å². The summed E-state index contributed by atoms with van der Waals surface area (Å²) in [6, 6.07) is 4.55. The van der Waals surface area contributed by atoms with E-state index in [2.05, 4.69) is 29.0 Å². The van der Waals surface area contributed by atoms with Gasteiger partial charge in [-0.15, -0.1) is 0 Å². The molecule has 0 spiro atoms. The van der Waals surface area contributed by atoms with Crippen molar-refractivity contribution in [1.29, 1.82) is 0 Å². The number of carbonyl (C=O) groups excluding carboxylic acids is 2. The maximum atomic E-state index is 12.4. The van der Waals surface area contributed by atoms with Gasteiger partial charge in [-0.2, -0.15) is 0 Å². The molecule has 5 nitrogen and oxygen atoms in total. The summed E-state index contributed by atoms with van der Waals surface area (Å²) < 4.78 is 9.57. The summed E-state index contributed by atoms with van der Waals surface area (Å²) in [7, 11) is 0. The molecule has 0 unspecified atom stereocenters. The van der Waals surface area contributed by atoms with Crippen LogP contribution in [-0.4, -0.2) is 27.5 Å². The van der Waals surface area contributed by atoms with Crippen LogP contribution < -0.4 is 0 Å². The summed E-state index contributed by atoms with van der Waals surface area (Å²) in [5.74, 6) is -0.666. The standard InChI is InChI=1S/C22H28N2O3/c1-6-23-14(2)12-20(17(23)5)21(25)13-27-22(26)10-7-18-11-15(3)24(16(18)4)19-8-9-19/h7,10-12,19H,6,8-9,13H2,1-5H3/b10-7+. The summed E-state index contributed by atoms with van der Waals surface area (Å²) in [6.45, 7) is 10.7. The van der Waals surface area contributed by atoms with Crippen LogP contribution in [0.3, 0.4) is 0 Å². The average Bonchev–Trinajstić information content (AvgIpc) is 3.35. The average molecular weight is 368 g/mol. The minimum Gasteiger partial charge on any atom is -0.454 e. The van der Waals surface area contributed by atoms with Gasteiger partial charge in [-0.05, 0) is 71.2 Å². The largest absolute Gasteiger partial charge is 0.454 e. The van der Waals surface area contributed by atoms with Crippen LogP contribution in [0.4, 0.5) is 0 Å². The molecule has 0 aromatic carbocycles. The second-order valence-electron chi connectivity index (χ2n) is 7.32. The number of rotatable bonds is 7. The highest BCUT2D eigenvalue weighted by molar-refractivity contribution is 6.00. The third-order valence-electron chi connectivity index (χ3n) is 5.37. The lowest BCUT2D eigenvalue weighted by atomic mass is 10.1. The van der Waals surface area contributed by atoms with Gasteiger partial charge < -0.3 is 13.9 Å². The molecule has 5 heteroatoms. The van der Waals surface area contributed by atoms with Crippen LogP contribution >= 0.6 is 0 Å². The number of aryl methyl sites for hydroxylation is 2. The Morgan fingerprint density at radius 2 is 1.81 bits per heavy atom. The number of esters is 1. The number of ether oxygens (including phenoxy) is 1. The van der Waals surface area contributed by atoms with Crippen LogP contribution in [-0.2, 0) is 16.1 Å². The maximum Gasteiger partial charge on any atom is 0.331 e. The van der Waals surface area contributed by atoms with Gasteiger partial charge in [-0.25, -0.2) is 4.79 Å². The molecule has 0 saturated heterocycles. The van der Waals surface area contributed by atoms with Gasteiger partial charge in [-0.3, -0.25) is 4.79 Å². The zero-order valence-corrected chi connectivity index (χ0v) is 16.8. The van der Waals surface area contributed by atoms with Gasteiger partial charge in [0.05, 0.1) is 0 Å². The zero-order valence-electron chi connectivity index (χ0n) is 16.8. The third kappa shape index (κ3) is 3.92. The molecule has 0 radical (unpaired) electrons. The SMILES string of the molecule is CCn1c(C)cc(C(=O)COC(=O)/C=C/c2cc(C)n(C3CC3)c2C)c1C. The lowest BCUT2D eigenvalue weighted by molar-refractivity contribution is -0.136. The summed E-state index contributed by atoms with van der Waals surface area (Å²) in [5.41, 5.74) is 5.98. The van der Waals surface area contributed by atoms with Crippen LogP contribution in [0.2, 0.25) is 0 Å². The highest BCUT2D eigenvalue weighted by atomic mass is 16.5. The van der Waals surface area contributed by atoms with E-state index in [9.17, 15) is 9.59 Å². The fourth-order valence-electron chi connectivity index (χ4n) is 3.86. The monoisotopic (exact) mass is 368 g/mol. The van der Waals surface area contributed by atoms with Crippen molar-refractivity contribution in [3.05, 3.63) is 52.1 Å². The Hall–Kier alpha value is -2.56. The first-order valence-electron chi connectivity index (χ1n) is 9.56. The Morgan fingerprint density at radius 3 is 2.41 bits per heavy atom. The van der Waals surface area contributed by atoms with Crippen molar-refractivity contribution in [2.24, 2.45) is 0 Å². The molecule has 0 N–H and O–H groups in total. The van der Waals surface area contributed by atoms with Crippen molar-refractivity contribution >= 4 is 17.8 Å². The Labute approximate surface area is 160 Å². The number of carbonyl (C=O) groups is 2. The number of ketones is 1. The zero-order chi connectivity index (χ0) is 19.7. The number of nitrogens with zero attached hydrogens (tertiary/aromatic N) is 2. The Balaban J connectivity index is 1.61. The molecular weight excluding hydrogens is 340 g/mol. The van der Waals surface area contributed by atoms with Gasteiger partial charge in [-0.1, -0.05) is 0 Å². The molecule has 0 atom stereocenters. The second-order valence-corrected chi connectivity index (χ2v) is 7.32. The summed E-state index contributed by atoms with van der Waals surface area (Å²) >= 11 is 0. The van der Waals surface area contributed by atoms with E-state index in [4.69, 9.17) is 4.74 Å². The molecule has 1 fully saturated rings. The Bertz CT molecular complexity index is 911. The smallest absolute Gasteiger partial charge is 0.331 e. The van der Waals surface area contributed by atoms with Gasteiger partial charge in [0.25, 0.3) is 0 Å². The van der Waals surface area contributed by atoms with Crippen LogP contribution in [0, 0.1) is 27.7 Å². The molecule has 27 heavy (non-hydrogen) atoms.